The average Bonchev–Trinajstić information content (AvgIpc) is 2.95. The summed E-state index contributed by atoms with van der Waals surface area (Å²) in [5.41, 5.74) is -0.161. The maximum absolute atomic E-state index is 13.5. The fourth-order valence-corrected chi connectivity index (χ4v) is 4.12. The molecule has 1 aromatic carbocycles. The van der Waals surface area contributed by atoms with E-state index in [2.05, 4.69) is 0 Å². The van der Waals surface area contributed by atoms with Crippen molar-refractivity contribution in [1.29, 1.82) is 0 Å². The van der Waals surface area contributed by atoms with Crippen LogP contribution < -0.4 is 0 Å². The Kier molecular flexibility index (Phi) is 5.26. The third kappa shape index (κ3) is 3.87. The first-order valence-electron chi connectivity index (χ1n) is 9.66. The number of hydrogen-bond acceptors (Lipinski definition) is 3. The van der Waals surface area contributed by atoms with Crippen LogP contribution in [0.25, 0.3) is 0 Å². The van der Waals surface area contributed by atoms with Gasteiger partial charge in [-0.25, -0.2) is 4.79 Å². The Morgan fingerprint density at radius 2 is 1.77 bits per heavy atom. The molecule has 0 aromatic heterocycles. The highest BCUT2D eigenvalue weighted by molar-refractivity contribution is 5.91. The van der Waals surface area contributed by atoms with Gasteiger partial charge < -0.3 is 9.64 Å². The van der Waals surface area contributed by atoms with Gasteiger partial charge in [0.2, 0.25) is 5.91 Å². The van der Waals surface area contributed by atoms with Crippen molar-refractivity contribution in [2.75, 3.05) is 13.1 Å². The Hall–Kier alpha value is -2.04. The molecule has 2 aliphatic rings. The SMILES string of the molecule is CC(C)(C)OC(=O)N1CCC[C@@]12CCCCN(Cc1ccccc1)C2=O. The van der Waals surface area contributed by atoms with E-state index < -0.39 is 11.1 Å². The number of ether oxygens (including phenoxy) is 1. The summed E-state index contributed by atoms with van der Waals surface area (Å²) in [5.74, 6) is 0.0854. The van der Waals surface area contributed by atoms with Gasteiger partial charge in [-0.3, -0.25) is 9.69 Å². The van der Waals surface area contributed by atoms with Gasteiger partial charge in [0.1, 0.15) is 11.1 Å². The third-order valence-electron chi connectivity index (χ3n) is 5.27. The predicted octanol–water partition coefficient (Wildman–Crippen LogP) is 3.97. The number of benzene rings is 1. The van der Waals surface area contributed by atoms with E-state index in [9.17, 15) is 9.59 Å². The van der Waals surface area contributed by atoms with Gasteiger partial charge in [-0.1, -0.05) is 30.3 Å². The third-order valence-corrected chi connectivity index (χ3v) is 5.27. The number of carbonyl (C=O) groups excluding carboxylic acids is 2. The topological polar surface area (TPSA) is 49.9 Å². The first kappa shape index (κ1) is 18.7. The lowest BCUT2D eigenvalue weighted by Gasteiger charge is -2.39. The monoisotopic (exact) mass is 358 g/mol. The first-order valence-corrected chi connectivity index (χ1v) is 9.66. The van der Waals surface area contributed by atoms with E-state index in [1.165, 1.54) is 0 Å². The summed E-state index contributed by atoms with van der Waals surface area (Å²) in [6, 6.07) is 10.1. The standard InChI is InChI=1S/C21H30N2O3/c1-20(2,3)26-19(25)23-15-9-13-21(23)12-7-8-14-22(18(21)24)16-17-10-5-4-6-11-17/h4-6,10-11H,7-9,12-16H2,1-3H3/t21-/m1/s1. The van der Waals surface area contributed by atoms with Gasteiger partial charge >= 0.3 is 6.09 Å². The minimum atomic E-state index is -0.729. The highest BCUT2D eigenvalue weighted by atomic mass is 16.6. The van der Waals surface area contributed by atoms with Crippen molar-refractivity contribution >= 4 is 12.0 Å². The molecule has 5 nitrogen and oxygen atoms in total. The van der Waals surface area contributed by atoms with E-state index in [0.29, 0.717) is 13.1 Å². The molecule has 2 fully saturated rings. The van der Waals surface area contributed by atoms with Crippen LogP contribution in [0.5, 0.6) is 0 Å². The average molecular weight is 358 g/mol. The van der Waals surface area contributed by atoms with Gasteiger partial charge in [0.25, 0.3) is 0 Å². The largest absolute Gasteiger partial charge is 0.444 e. The van der Waals surface area contributed by atoms with Gasteiger partial charge in [-0.2, -0.15) is 0 Å². The van der Waals surface area contributed by atoms with Crippen molar-refractivity contribution in [1.82, 2.24) is 9.80 Å². The number of carbonyl (C=O) groups is 2. The lowest BCUT2D eigenvalue weighted by Crippen LogP contribution is -2.58. The molecule has 0 N–H and O–H groups in total. The van der Waals surface area contributed by atoms with Crippen molar-refractivity contribution in [3.8, 4) is 0 Å². The maximum atomic E-state index is 13.5. The molecule has 0 bridgehead atoms. The lowest BCUT2D eigenvalue weighted by molar-refractivity contribution is -0.142. The molecule has 2 aliphatic heterocycles. The van der Waals surface area contributed by atoms with Crippen LogP contribution in [0.3, 0.4) is 0 Å². The molecular formula is C21H30N2O3. The second-order valence-corrected chi connectivity index (χ2v) is 8.44. The Morgan fingerprint density at radius 1 is 1.08 bits per heavy atom. The molecule has 1 atom stereocenters. The molecule has 26 heavy (non-hydrogen) atoms. The second-order valence-electron chi connectivity index (χ2n) is 8.44. The number of amides is 2. The van der Waals surface area contributed by atoms with Crippen molar-refractivity contribution < 1.29 is 14.3 Å². The predicted molar refractivity (Wildman–Crippen MR) is 101 cm³/mol. The number of hydrogen-bond donors (Lipinski definition) is 0. The molecule has 0 unspecified atom stereocenters. The molecule has 0 aliphatic carbocycles. The Balaban J connectivity index is 1.83. The van der Waals surface area contributed by atoms with Crippen LogP contribution in [0.4, 0.5) is 4.79 Å². The van der Waals surface area contributed by atoms with Crippen LogP contribution in [-0.2, 0) is 16.1 Å². The van der Waals surface area contributed by atoms with E-state index in [-0.39, 0.29) is 12.0 Å². The van der Waals surface area contributed by atoms with Crippen molar-refractivity contribution in [3.63, 3.8) is 0 Å². The van der Waals surface area contributed by atoms with E-state index in [0.717, 1.165) is 44.2 Å². The molecule has 5 heteroatoms. The maximum Gasteiger partial charge on any atom is 0.411 e. The molecule has 2 amide bonds. The molecule has 1 spiro atoms. The van der Waals surface area contributed by atoms with Crippen molar-refractivity contribution in [3.05, 3.63) is 35.9 Å². The van der Waals surface area contributed by atoms with Gasteiger partial charge in [0.15, 0.2) is 0 Å². The van der Waals surface area contributed by atoms with Crippen LogP contribution >= 0.6 is 0 Å². The van der Waals surface area contributed by atoms with E-state index in [1.807, 2.05) is 56.0 Å². The van der Waals surface area contributed by atoms with Crippen LogP contribution in [-0.4, -0.2) is 46.0 Å². The molecule has 3 rings (SSSR count). The molecule has 0 radical (unpaired) electrons. The highest BCUT2D eigenvalue weighted by Gasteiger charge is 2.52. The molecule has 1 aromatic rings. The molecule has 0 saturated carbocycles. The summed E-state index contributed by atoms with van der Waals surface area (Å²) in [6.07, 6.45) is 3.89. The van der Waals surface area contributed by atoms with E-state index in [1.54, 1.807) is 4.90 Å². The van der Waals surface area contributed by atoms with Gasteiger partial charge in [0, 0.05) is 19.6 Å². The zero-order valence-electron chi connectivity index (χ0n) is 16.2. The van der Waals surface area contributed by atoms with Crippen molar-refractivity contribution in [2.45, 2.75) is 70.6 Å². The van der Waals surface area contributed by atoms with E-state index in [4.69, 9.17) is 4.74 Å². The minimum absolute atomic E-state index is 0.0854. The normalized spacial score (nSPS) is 24.0. The fourth-order valence-electron chi connectivity index (χ4n) is 4.12. The summed E-state index contributed by atoms with van der Waals surface area (Å²) in [6.45, 7) is 7.54. The van der Waals surface area contributed by atoms with Crippen molar-refractivity contribution in [2.24, 2.45) is 0 Å². The molecule has 2 saturated heterocycles. The Bertz CT molecular complexity index is 653. The van der Waals surface area contributed by atoms with Crippen LogP contribution in [0.1, 0.15) is 58.4 Å². The fraction of sp³-hybridized carbons (Fsp3) is 0.619. The summed E-state index contributed by atoms with van der Waals surface area (Å²) < 4.78 is 5.61. The summed E-state index contributed by atoms with van der Waals surface area (Å²) in [5, 5.41) is 0. The smallest absolute Gasteiger partial charge is 0.411 e. The minimum Gasteiger partial charge on any atom is -0.444 e. The lowest BCUT2D eigenvalue weighted by atomic mass is 9.89. The van der Waals surface area contributed by atoms with E-state index >= 15 is 0 Å². The summed E-state index contributed by atoms with van der Waals surface area (Å²) >= 11 is 0. The number of nitrogens with zero attached hydrogens (tertiary/aromatic N) is 2. The summed E-state index contributed by atoms with van der Waals surface area (Å²) in [4.78, 5) is 30.0. The number of rotatable bonds is 2. The number of likely N-dealkylation sites (tertiary alicyclic amines) is 2. The Labute approximate surface area is 156 Å². The summed E-state index contributed by atoms with van der Waals surface area (Å²) in [7, 11) is 0. The molecule has 142 valence electrons. The molecule has 2 heterocycles. The van der Waals surface area contributed by atoms with Gasteiger partial charge in [-0.05, 0) is 58.4 Å². The van der Waals surface area contributed by atoms with Gasteiger partial charge in [-0.15, -0.1) is 0 Å². The molecular weight excluding hydrogens is 328 g/mol. The van der Waals surface area contributed by atoms with Crippen LogP contribution in [0.2, 0.25) is 0 Å². The zero-order chi connectivity index (χ0) is 18.8. The van der Waals surface area contributed by atoms with Crippen LogP contribution in [0.15, 0.2) is 30.3 Å². The highest BCUT2D eigenvalue weighted by Crippen LogP contribution is 2.39. The quantitative estimate of drug-likeness (QED) is 0.804. The van der Waals surface area contributed by atoms with Gasteiger partial charge in [0.05, 0.1) is 0 Å². The Morgan fingerprint density at radius 3 is 2.46 bits per heavy atom. The zero-order valence-corrected chi connectivity index (χ0v) is 16.2. The first-order chi connectivity index (χ1) is 12.3. The second kappa shape index (κ2) is 7.29. The van der Waals surface area contributed by atoms with Crippen LogP contribution in [0, 0.1) is 0 Å².